The summed E-state index contributed by atoms with van der Waals surface area (Å²) in [5.41, 5.74) is 7.13. The van der Waals surface area contributed by atoms with Crippen LogP contribution in [0.2, 0.25) is 0 Å². The lowest BCUT2D eigenvalue weighted by molar-refractivity contribution is -0.115. The molecule has 0 atom stereocenters. The minimum absolute atomic E-state index is 0.168. The molecule has 1 aromatic rings. The molecule has 0 spiro atoms. The molecule has 0 saturated carbocycles. The first-order valence-electron chi connectivity index (χ1n) is 4.30. The van der Waals surface area contributed by atoms with Gasteiger partial charge in [-0.1, -0.05) is 12.1 Å². The third kappa shape index (κ3) is 2.19. The summed E-state index contributed by atoms with van der Waals surface area (Å²) in [6.07, 6.45) is 1.74. The van der Waals surface area contributed by atoms with Crippen molar-refractivity contribution in [1.29, 1.82) is 5.41 Å². The van der Waals surface area contributed by atoms with Crippen molar-refractivity contribution in [1.82, 2.24) is 5.32 Å². The first-order valence-corrected chi connectivity index (χ1v) is 5.12. The number of benzene rings is 1. The van der Waals surface area contributed by atoms with E-state index in [0.29, 0.717) is 10.6 Å². The quantitative estimate of drug-likeness (QED) is 0.493. The average Bonchev–Trinajstić information content (AvgIpc) is 2.49. The maximum atomic E-state index is 11.3. The molecule has 4 N–H and O–H groups in total. The summed E-state index contributed by atoms with van der Waals surface area (Å²) in [6, 6.07) is 7.21. The average molecular weight is 219 g/mol. The predicted molar refractivity (Wildman–Crippen MR) is 62.3 cm³/mol. The fourth-order valence-electron chi connectivity index (χ4n) is 1.19. The number of rotatable bonds is 1. The van der Waals surface area contributed by atoms with Gasteiger partial charge in [0, 0.05) is 5.69 Å². The Kier molecular flexibility index (Phi) is 2.47. The first kappa shape index (κ1) is 9.79. The van der Waals surface area contributed by atoms with Gasteiger partial charge in [0.2, 0.25) is 0 Å². The van der Waals surface area contributed by atoms with E-state index in [1.54, 1.807) is 18.2 Å². The van der Waals surface area contributed by atoms with Gasteiger partial charge in [-0.15, -0.1) is 0 Å². The van der Waals surface area contributed by atoms with E-state index in [-0.39, 0.29) is 11.1 Å². The summed E-state index contributed by atoms with van der Waals surface area (Å²) in [7, 11) is 0. The van der Waals surface area contributed by atoms with Crippen LogP contribution in [0.25, 0.3) is 6.08 Å². The second-order valence-electron chi connectivity index (χ2n) is 3.06. The molecule has 1 aliphatic rings. The predicted octanol–water partition coefficient (Wildman–Crippen LogP) is 1.41. The van der Waals surface area contributed by atoms with Gasteiger partial charge < -0.3 is 11.1 Å². The lowest BCUT2D eigenvalue weighted by atomic mass is 10.2. The maximum absolute atomic E-state index is 11.3. The van der Waals surface area contributed by atoms with Gasteiger partial charge in [-0.05, 0) is 35.5 Å². The number of amidine groups is 1. The number of carbonyl (C=O) groups is 1. The van der Waals surface area contributed by atoms with Crippen LogP contribution in [0.4, 0.5) is 5.69 Å². The van der Waals surface area contributed by atoms with Gasteiger partial charge in [0.25, 0.3) is 5.91 Å². The Morgan fingerprint density at radius 3 is 2.53 bits per heavy atom. The molecule has 0 aliphatic carbocycles. The van der Waals surface area contributed by atoms with Crippen LogP contribution in [0, 0.1) is 5.41 Å². The van der Waals surface area contributed by atoms with E-state index in [9.17, 15) is 4.79 Å². The van der Waals surface area contributed by atoms with Crippen molar-refractivity contribution in [3.8, 4) is 0 Å². The second kappa shape index (κ2) is 3.78. The number of thioether (sulfide) groups is 1. The summed E-state index contributed by atoms with van der Waals surface area (Å²) in [4.78, 5) is 11.8. The van der Waals surface area contributed by atoms with Gasteiger partial charge in [0.15, 0.2) is 5.17 Å². The molecule has 1 aliphatic heterocycles. The van der Waals surface area contributed by atoms with Crippen LogP contribution in [0.15, 0.2) is 29.2 Å². The number of amides is 1. The normalized spacial score (nSPS) is 18.3. The van der Waals surface area contributed by atoms with Crippen LogP contribution in [0.5, 0.6) is 0 Å². The van der Waals surface area contributed by atoms with Crippen LogP contribution in [-0.2, 0) is 4.79 Å². The maximum Gasteiger partial charge on any atom is 0.264 e. The monoisotopic (exact) mass is 219 g/mol. The minimum Gasteiger partial charge on any atom is -0.399 e. The topological polar surface area (TPSA) is 79.0 Å². The Balaban J connectivity index is 2.27. The summed E-state index contributed by atoms with van der Waals surface area (Å²) >= 11 is 1.13. The largest absolute Gasteiger partial charge is 0.399 e. The highest BCUT2D eigenvalue weighted by Gasteiger charge is 2.21. The Bertz CT molecular complexity index is 450. The van der Waals surface area contributed by atoms with Crippen molar-refractivity contribution in [2.24, 2.45) is 0 Å². The van der Waals surface area contributed by atoms with Crippen LogP contribution in [0.1, 0.15) is 5.56 Å². The third-order valence-corrected chi connectivity index (χ3v) is 2.73. The Labute approximate surface area is 91.1 Å². The second-order valence-corrected chi connectivity index (χ2v) is 4.11. The molecule has 1 aromatic carbocycles. The van der Waals surface area contributed by atoms with Crippen LogP contribution < -0.4 is 11.1 Å². The van der Waals surface area contributed by atoms with Crippen molar-refractivity contribution in [2.75, 3.05) is 5.73 Å². The number of nitrogen functional groups attached to an aromatic ring is 1. The van der Waals surface area contributed by atoms with Crippen LogP contribution in [0.3, 0.4) is 0 Å². The number of carbonyl (C=O) groups excluding carboxylic acids is 1. The molecule has 0 unspecified atom stereocenters. The fraction of sp³-hybridized carbons (Fsp3) is 0. The van der Waals surface area contributed by atoms with Gasteiger partial charge in [0.05, 0.1) is 4.91 Å². The Hall–Kier alpha value is -1.75. The van der Waals surface area contributed by atoms with Crippen LogP contribution in [-0.4, -0.2) is 11.1 Å². The van der Waals surface area contributed by atoms with Crippen molar-refractivity contribution in [2.45, 2.75) is 0 Å². The van der Waals surface area contributed by atoms with E-state index in [1.165, 1.54) is 0 Å². The summed E-state index contributed by atoms with van der Waals surface area (Å²) < 4.78 is 0. The molecule has 4 nitrogen and oxygen atoms in total. The number of nitrogens with two attached hydrogens (primary N) is 1. The van der Waals surface area contributed by atoms with Gasteiger partial charge in [0.1, 0.15) is 0 Å². The van der Waals surface area contributed by atoms with Gasteiger partial charge in [-0.25, -0.2) is 0 Å². The van der Waals surface area contributed by atoms with Gasteiger partial charge in [-0.3, -0.25) is 10.2 Å². The smallest absolute Gasteiger partial charge is 0.264 e. The van der Waals surface area contributed by atoms with E-state index in [0.717, 1.165) is 17.3 Å². The Morgan fingerprint density at radius 2 is 2.00 bits per heavy atom. The number of hydrogen-bond donors (Lipinski definition) is 3. The van der Waals surface area contributed by atoms with Crippen LogP contribution >= 0.6 is 11.8 Å². The van der Waals surface area contributed by atoms with Crippen molar-refractivity contribution in [3.05, 3.63) is 34.7 Å². The number of hydrogen-bond acceptors (Lipinski definition) is 4. The highest BCUT2D eigenvalue weighted by Crippen LogP contribution is 2.24. The number of anilines is 1. The fourth-order valence-corrected chi connectivity index (χ4v) is 1.89. The molecule has 1 saturated heterocycles. The molecule has 76 valence electrons. The van der Waals surface area contributed by atoms with E-state index in [2.05, 4.69) is 5.32 Å². The number of nitrogens with one attached hydrogen (secondary N) is 2. The van der Waals surface area contributed by atoms with E-state index in [4.69, 9.17) is 11.1 Å². The molecule has 1 heterocycles. The van der Waals surface area contributed by atoms with E-state index in [1.807, 2.05) is 12.1 Å². The molecule has 0 bridgehead atoms. The molecule has 1 amide bonds. The standard InChI is InChI=1S/C10H9N3OS/c11-7-3-1-6(2-4-7)5-8-9(14)13-10(12)15-8/h1-5H,11H2,(H2,12,13,14). The zero-order valence-electron chi connectivity index (χ0n) is 7.78. The highest BCUT2D eigenvalue weighted by molar-refractivity contribution is 8.18. The first-order chi connectivity index (χ1) is 7.15. The zero-order valence-corrected chi connectivity index (χ0v) is 8.60. The molecule has 5 heteroatoms. The SMILES string of the molecule is N=C1NC(=O)C(=Cc2ccc(N)cc2)S1. The van der Waals surface area contributed by atoms with Gasteiger partial charge >= 0.3 is 0 Å². The van der Waals surface area contributed by atoms with Crippen molar-refractivity contribution in [3.63, 3.8) is 0 Å². The highest BCUT2D eigenvalue weighted by atomic mass is 32.2. The molecule has 15 heavy (non-hydrogen) atoms. The molecule has 0 radical (unpaired) electrons. The molecular formula is C10H9N3OS. The van der Waals surface area contributed by atoms with Gasteiger partial charge in [-0.2, -0.15) is 0 Å². The summed E-state index contributed by atoms with van der Waals surface area (Å²) in [5.74, 6) is -0.221. The molecule has 1 fully saturated rings. The lowest BCUT2D eigenvalue weighted by Gasteiger charge is -1.95. The van der Waals surface area contributed by atoms with E-state index < -0.39 is 0 Å². The molecule has 0 aromatic heterocycles. The molecule has 2 rings (SSSR count). The summed E-state index contributed by atoms with van der Waals surface area (Å²) in [5, 5.41) is 9.86. The van der Waals surface area contributed by atoms with Crippen molar-refractivity contribution < 1.29 is 4.79 Å². The minimum atomic E-state index is -0.221. The van der Waals surface area contributed by atoms with E-state index >= 15 is 0 Å². The third-order valence-electron chi connectivity index (χ3n) is 1.90. The Morgan fingerprint density at radius 1 is 1.33 bits per heavy atom. The summed E-state index contributed by atoms with van der Waals surface area (Å²) in [6.45, 7) is 0. The molecular weight excluding hydrogens is 210 g/mol. The van der Waals surface area contributed by atoms with Crippen molar-refractivity contribution >= 4 is 34.6 Å². The zero-order chi connectivity index (χ0) is 10.8. The lowest BCUT2D eigenvalue weighted by Crippen LogP contribution is -2.18.